The van der Waals surface area contributed by atoms with Crippen molar-refractivity contribution in [2.75, 3.05) is 0 Å². The van der Waals surface area contributed by atoms with Crippen molar-refractivity contribution in [2.24, 2.45) is 0 Å². The highest BCUT2D eigenvalue weighted by molar-refractivity contribution is 5.11. The molecule has 0 bridgehead atoms. The van der Waals surface area contributed by atoms with Gasteiger partial charge in [-0.3, -0.25) is 0 Å². The summed E-state index contributed by atoms with van der Waals surface area (Å²) in [7, 11) is 0. The molecule has 0 heteroatoms. The van der Waals surface area contributed by atoms with Gasteiger partial charge in [-0.05, 0) is 6.42 Å². The molecule has 0 saturated heterocycles. The van der Waals surface area contributed by atoms with E-state index in [1.165, 1.54) is 0 Å². The van der Waals surface area contributed by atoms with Crippen LogP contribution in [0.4, 0.5) is 0 Å². The highest BCUT2D eigenvalue weighted by atomic mass is 13.8. The second-order valence-corrected chi connectivity index (χ2v) is 1.09. The van der Waals surface area contributed by atoms with Gasteiger partial charge < -0.3 is 7.43 Å². The van der Waals surface area contributed by atoms with Gasteiger partial charge in [0.1, 0.15) is 0 Å². The van der Waals surface area contributed by atoms with E-state index in [2.05, 4.69) is 31.2 Å². The van der Waals surface area contributed by atoms with Gasteiger partial charge in [0.25, 0.3) is 0 Å². The van der Waals surface area contributed by atoms with Crippen LogP contribution in [-0.4, -0.2) is 0 Å². The molecule has 0 spiro atoms. The fraction of sp³-hybridized carbons (Fsp3) is 0.250. The van der Waals surface area contributed by atoms with Gasteiger partial charge >= 0.3 is 0 Å². The third kappa shape index (κ3) is 5.35. The van der Waals surface area contributed by atoms with Crippen LogP contribution in [0.5, 0.6) is 0 Å². The van der Waals surface area contributed by atoms with Crippen LogP contribution >= 0.6 is 0 Å². The van der Waals surface area contributed by atoms with Gasteiger partial charge in [-0.25, -0.2) is 0 Å². The zero-order valence-corrected chi connectivity index (χ0v) is 5.72. The molecule has 1 aliphatic carbocycles. The van der Waals surface area contributed by atoms with Crippen LogP contribution in [0, 0.1) is 14.4 Å². The number of hydrogen-bond acceptors (Lipinski definition) is 0. The predicted octanol–water partition coefficient (Wildman–Crippen LogP) is 2.79. The summed E-state index contributed by atoms with van der Waals surface area (Å²) in [4.78, 5) is 0. The van der Waals surface area contributed by atoms with Crippen LogP contribution < -0.4 is 0 Å². The quantitative estimate of drug-likeness (QED) is 0.421. The summed E-state index contributed by atoms with van der Waals surface area (Å²) in [5.41, 5.74) is 0. The average molecular weight is 110 g/mol. The van der Waals surface area contributed by atoms with Crippen LogP contribution in [-0.2, 0) is 0 Å². The fourth-order valence-electron chi connectivity index (χ4n) is 0.393. The van der Waals surface area contributed by atoms with Gasteiger partial charge in [-0.1, -0.05) is 24.3 Å². The standard InChI is InChI=1S/C5H6.C2H5.CH3/c1-2-4-5-3-1;1-2;/h1-4H,5H2;1H2,2H3;1H3/q;+1;-1. The molecule has 0 atom stereocenters. The molecule has 1 aliphatic rings. The van der Waals surface area contributed by atoms with Gasteiger partial charge in [0, 0.05) is 0 Å². The molecular formula is C8H14. The minimum absolute atomic E-state index is 0. The van der Waals surface area contributed by atoms with Gasteiger partial charge in [0.2, 0.25) is 0 Å². The lowest BCUT2D eigenvalue weighted by molar-refractivity contribution is 1.45. The molecule has 0 saturated carbocycles. The first-order valence-electron chi connectivity index (χ1n) is 2.52. The molecule has 8 heavy (non-hydrogen) atoms. The number of hydrogen-bond donors (Lipinski definition) is 0. The Morgan fingerprint density at radius 1 is 1.12 bits per heavy atom. The van der Waals surface area contributed by atoms with Crippen molar-refractivity contribution in [3.05, 3.63) is 38.7 Å². The summed E-state index contributed by atoms with van der Waals surface area (Å²) in [5, 5.41) is 0. The van der Waals surface area contributed by atoms with E-state index in [0.29, 0.717) is 0 Å². The van der Waals surface area contributed by atoms with Crippen molar-refractivity contribution >= 4 is 0 Å². The van der Waals surface area contributed by atoms with Crippen LogP contribution in [0.2, 0.25) is 0 Å². The van der Waals surface area contributed by atoms with Gasteiger partial charge in [-0.2, -0.15) is 0 Å². The van der Waals surface area contributed by atoms with E-state index in [0.717, 1.165) is 6.42 Å². The Kier molecular flexibility index (Phi) is 12.4. The minimum atomic E-state index is 0. The summed E-state index contributed by atoms with van der Waals surface area (Å²) in [6, 6.07) is 0. The second-order valence-electron chi connectivity index (χ2n) is 1.09. The van der Waals surface area contributed by atoms with E-state index in [1.54, 1.807) is 6.92 Å². The first-order chi connectivity index (χ1) is 3.50. The van der Waals surface area contributed by atoms with Crippen molar-refractivity contribution < 1.29 is 0 Å². The van der Waals surface area contributed by atoms with Crippen LogP contribution in [0.15, 0.2) is 24.3 Å². The summed E-state index contributed by atoms with van der Waals surface area (Å²) in [6.45, 7) is 5.00. The number of allylic oxidation sites excluding steroid dienone is 4. The molecule has 0 amide bonds. The molecule has 0 aromatic heterocycles. The Morgan fingerprint density at radius 2 is 1.50 bits per heavy atom. The van der Waals surface area contributed by atoms with Crippen molar-refractivity contribution in [1.29, 1.82) is 0 Å². The van der Waals surface area contributed by atoms with E-state index in [-0.39, 0.29) is 7.43 Å². The Balaban J connectivity index is 0. The van der Waals surface area contributed by atoms with Gasteiger partial charge in [0.05, 0.1) is 13.8 Å². The largest absolute Gasteiger partial charge is 0.358 e. The lowest BCUT2D eigenvalue weighted by Gasteiger charge is -1.57. The average Bonchev–Trinajstić information content (AvgIpc) is 2.23. The summed E-state index contributed by atoms with van der Waals surface area (Å²) >= 11 is 0. The van der Waals surface area contributed by atoms with E-state index in [4.69, 9.17) is 0 Å². The summed E-state index contributed by atoms with van der Waals surface area (Å²) in [5.74, 6) is 0. The Morgan fingerprint density at radius 3 is 1.62 bits per heavy atom. The predicted molar refractivity (Wildman–Crippen MR) is 40.3 cm³/mol. The summed E-state index contributed by atoms with van der Waals surface area (Å²) < 4.78 is 0. The van der Waals surface area contributed by atoms with E-state index in [1.807, 2.05) is 0 Å². The summed E-state index contributed by atoms with van der Waals surface area (Å²) in [6.07, 6.45) is 9.50. The molecule has 0 unspecified atom stereocenters. The second kappa shape index (κ2) is 9.61. The highest BCUT2D eigenvalue weighted by Crippen LogP contribution is 1.93. The van der Waals surface area contributed by atoms with E-state index in [9.17, 15) is 0 Å². The Bertz CT molecular complexity index is 58.1. The zero-order chi connectivity index (χ0) is 5.54. The van der Waals surface area contributed by atoms with Gasteiger partial charge in [-0.15, -0.1) is 0 Å². The zero-order valence-electron chi connectivity index (χ0n) is 5.72. The monoisotopic (exact) mass is 110 g/mol. The van der Waals surface area contributed by atoms with Gasteiger partial charge in [0.15, 0.2) is 0 Å². The van der Waals surface area contributed by atoms with E-state index >= 15 is 0 Å². The molecule has 0 aromatic rings. The third-order valence-corrected chi connectivity index (χ3v) is 0.655. The number of rotatable bonds is 0. The highest BCUT2D eigenvalue weighted by Gasteiger charge is 1.72. The maximum atomic E-state index is 3.25. The molecule has 0 aliphatic heterocycles. The van der Waals surface area contributed by atoms with Crippen LogP contribution in [0.1, 0.15) is 13.3 Å². The van der Waals surface area contributed by atoms with E-state index < -0.39 is 0 Å². The lowest BCUT2D eigenvalue weighted by atomic mass is 10.5. The molecular weight excluding hydrogens is 96.1 g/mol. The molecule has 0 nitrogen and oxygen atoms in total. The molecule has 0 radical (unpaired) electrons. The maximum Gasteiger partial charge on any atom is 0.0746 e. The minimum Gasteiger partial charge on any atom is -0.358 e. The fourth-order valence-corrected chi connectivity index (χ4v) is 0.393. The topological polar surface area (TPSA) is 0 Å². The SMILES string of the molecule is C1=CCC=C1.[CH2+]C.[CH3-]. The third-order valence-electron chi connectivity index (χ3n) is 0.655. The smallest absolute Gasteiger partial charge is 0.0746 e. The van der Waals surface area contributed by atoms with Crippen LogP contribution in [0.3, 0.4) is 0 Å². The molecule has 0 fully saturated rings. The normalized spacial score (nSPS) is 11.6. The Labute approximate surface area is 52.9 Å². The first-order valence-corrected chi connectivity index (χ1v) is 2.52. The molecule has 1 rings (SSSR count). The first kappa shape index (κ1) is 10.4. The van der Waals surface area contributed by atoms with Crippen molar-refractivity contribution in [2.45, 2.75) is 13.3 Å². The molecule has 46 valence electrons. The Hall–Kier alpha value is -0.650. The van der Waals surface area contributed by atoms with Crippen LogP contribution in [0.25, 0.3) is 0 Å². The van der Waals surface area contributed by atoms with Crippen molar-refractivity contribution in [3.63, 3.8) is 0 Å². The molecule has 0 aromatic carbocycles. The lowest BCUT2D eigenvalue weighted by Crippen LogP contribution is -1.37. The molecule has 0 heterocycles. The van der Waals surface area contributed by atoms with Crippen molar-refractivity contribution in [1.82, 2.24) is 0 Å². The van der Waals surface area contributed by atoms with Crippen molar-refractivity contribution in [3.8, 4) is 0 Å². The molecule has 0 N–H and O–H groups in total. The maximum absolute atomic E-state index is 3.25.